The van der Waals surface area contributed by atoms with Gasteiger partial charge in [-0.05, 0) is 14.1 Å². The summed E-state index contributed by atoms with van der Waals surface area (Å²) >= 11 is 1.39. The average molecular weight is 295 g/mol. The molecule has 0 saturated heterocycles. The third kappa shape index (κ3) is 3.55. The summed E-state index contributed by atoms with van der Waals surface area (Å²) in [5.41, 5.74) is 0.126. The molecule has 0 atom stereocenters. The Labute approximate surface area is 120 Å². The van der Waals surface area contributed by atoms with E-state index >= 15 is 0 Å². The number of likely N-dealkylation sites (N-methyl/N-ethyl adjacent to an activating group) is 1. The van der Waals surface area contributed by atoms with Gasteiger partial charge in [-0.3, -0.25) is 14.0 Å². The number of carbonyl (C=O) groups is 1. The van der Waals surface area contributed by atoms with Crippen molar-refractivity contribution in [3.63, 3.8) is 0 Å². The standard InChI is InChI=1S/C12H17N5O2S/c1-16(2)4-3-13-10(18)8-14-9-7-15-12-17(11(9)19)5-6-20-12/h5-7,14H,3-4,8H2,1-2H3,(H,13,18). The molecule has 0 aliphatic heterocycles. The first-order valence-electron chi connectivity index (χ1n) is 6.18. The molecule has 0 spiro atoms. The number of nitrogens with one attached hydrogen (secondary N) is 2. The summed E-state index contributed by atoms with van der Waals surface area (Å²) in [6.07, 6.45) is 3.12. The fourth-order valence-electron chi connectivity index (χ4n) is 1.60. The van der Waals surface area contributed by atoms with Crippen LogP contribution in [0.5, 0.6) is 0 Å². The molecule has 8 heteroatoms. The van der Waals surface area contributed by atoms with Gasteiger partial charge in [0, 0.05) is 24.7 Å². The first-order chi connectivity index (χ1) is 9.58. The Balaban J connectivity index is 1.91. The van der Waals surface area contributed by atoms with Crippen molar-refractivity contribution in [3.8, 4) is 0 Å². The van der Waals surface area contributed by atoms with Crippen LogP contribution in [0.1, 0.15) is 0 Å². The minimum atomic E-state index is -0.197. The molecule has 0 bridgehead atoms. The lowest BCUT2D eigenvalue weighted by Gasteiger charge is -2.11. The summed E-state index contributed by atoms with van der Waals surface area (Å²) in [5, 5.41) is 7.37. The summed E-state index contributed by atoms with van der Waals surface area (Å²) in [4.78, 5) is 30.4. The second-order valence-corrected chi connectivity index (χ2v) is 5.41. The van der Waals surface area contributed by atoms with Crippen LogP contribution in [0, 0.1) is 0 Å². The average Bonchev–Trinajstić information content (AvgIpc) is 2.86. The quantitative estimate of drug-likeness (QED) is 0.774. The van der Waals surface area contributed by atoms with Crippen molar-refractivity contribution < 1.29 is 4.79 Å². The number of anilines is 1. The molecular weight excluding hydrogens is 278 g/mol. The molecule has 0 radical (unpaired) electrons. The topological polar surface area (TPSA) is 78.7 Å². The number of amides is 1. The summed E-state index contributed by atoms with van der Waals surface area (Å²) in [6.45, 7) is 1.41. The monoisotopic (exact) mass is 295 g/mol. The number of thiazole rings is 1. The number of hydrogen-bond donors (Lipinski definition) is 2. The number of carbonyl (C=O) groups excluding carboxylic acids is 1. The van der Waals surface area contributed by atoms with E-state index in [1.54, 1.807) is 11.6 Å². The molecular formula is C12H17N5O2S. The van der Waals surface area contributed by atoms with Gasteiger partial charge in [0.05, 0.1) is 12.7 Å². The summed E-state index contributed by atoms with van der Waals surface area (Å²) in [6, 6.07) is 0. The van der Waals surface area contributed by atoms with Crippen molar-refractivity contribution in [2.24, 2.45) is 0 Å². The lowest BCUT2D eigenvalue weighted by molar-refractivity contribution is -0.119. The summed E-state index contributed by atoms with van der Waals surface area (Å²) in [7, 11) is 3.88. The fraction of sp³-hybridized carbons (Fsp3) is 0.417. The van der Waals surface area contributed by atoms with E-state index in [2.05, 4.69) is 15.6 Å². The minimum absolute atomic E-state index is 0.0561. The van der Waals surface area contributed by atoms with Crippen LogP contribution < -0.4 is 16.2 Å². The molecule has 2 heterocycles. The smallest absolute Gasteiger partial charge is 0.281 e. The third-order valence-corrected chi connectivity index (χ3v) is 3.43. The van der Waals surface area contributed by atoms with Gasteiger partial charge in [-0.15, -0.1) is 11.3 Å². The summed E-state index contributed by atoms with van der Waals surface area (Å²) in [5.74, 6) is -0.151. The molecule has 0 fully saturated rings. The van der Waals surface area contributed by atoms with Crippen LogP contribution in [0.25, 0.3) is 4.96 Å². The van der Waals surface area contributed by atoms with Gasteiger partial charge < -0.3 is 15.5 Å². The second-order valence-electron chi connectivity index (χ2n) is 4.54. The Bertz CT molecular complexity index is 649. The van der Waals surface area contributed by atoms with Crippen molar-refractivity contribution in [3.05, 3.63) is 28.1 Å². The van der Waals surface area contributed by atoms with Crippen molar-refractivity contribution >= 4 is 27.9 Å². The van der Waals surface area contributed by atoms with Gasteiger partial charge in [0.15, 0.2) is 4.96 Å². The van der Waals surface area contributed by atoms with E-state index in [1.165, 1.54) is 21.9 Å². The van der Waals surface area contributed by atoms with Crippen LogP contribution in [-0.4, -0.2) is 53.9 Å². The third-order valence-electron chi connectivity index (χ3n) is 2.66. The highest BCUT2D eigenvalue weighted by Gasteiger charge is 2.07. The maximum atomic E-state index is 12.0. The normalized spacial score (nSPS) is 10.9. The number of aromatic nitrogens is 2. The van der Waals surface area contributed by atoms with E-state index in [0.717, 1.165) is 6.54 Å². The number of hydrogen-bond acceptors (Lipinski definition) is 6. The molecule has 1 amide bonds. The maximum absolute atomic E-state index is 12.0. The molecule has 2 N–H and O–H groups in total. The zero-order valence-corrected chi connectivity index (χ0v) is 12.2. The van der Waals surface area contributed by atoms with Gasteiger partial charge in [-0.2, -0.15) is 0 Å². The highest BCUT2D eigenvalue weighted by atomic mass is 32.1. The lowest BCUT2D eigenvalue weighted by atomic mass is 10.4. The first kappa shape index (κ1) is 14.5. The molecule has 0 saturated carbocycles. The van der Waals surface area contributed by atoms with Gasteiger partial charge in [0.2, 0.25) is 5.91 Å². The SMILES string of the molecule is CN(C)CCNC(=O)CNc1cnc2sccn2c1=O. The maximum Gasteiger partial charge on any atom is 0.281 e. The first-order valence-corrected chi connectivity index (χ1v) is 7.06. The Kier molecular flexibility index (Phi) is 4.70. The zero-order chi connectivity index (χ0) is 14.5. The van der Waals surface area contributed by atoms with E-state index in [4.69, 9.17) is 0 Å². The van der Waals surface area contributed by atoms with E-state index < -0.39 is 0 Å². The lowest BCUT2D eigenvalue weighted by Crippen LogP contribution is -2.35. The summed E-state index contributed by atoms with van der Waals surface area (Å²) < 4.78 is 1.46. The van der Waals surface area contributed by atoms with Crippen molar-refractivity contribution in [1.29, 1.82) is 0 Å². The molecule has 108 valence electrons. The van der Waals surface area contributed by atoms with Gasteiger partial charge in [-0.1, -0.05) is 0 Å². The number of fused-ring (bicyclic) bond motifs is 1. The largest absolute Gasteiger partial charge is 0.370 e. The molecule has 2 aromatic rings. The number of rotatable bonds is 6. The van der Waals surface area contributed by atoms with E-state index in [0.29, 0.717) is 17.2 Å². The predicted molar refractivity (Wildman–Crippen MR) is 79.4 cm³/mol. The molecule has 0 aliphatic carbocycles. The highest BCUT2D eigenvalue weighted by Crippen LogP contribution is 2.07. The van der Waals surface area contributed by atoms with Crippen LogP contribution in [0.3, 0.4) is 0 Å². The second kappa shape index (κ2) is 6.49. The Morgan fingerprint density at radius 1 is 1.50 bits per heavy atom. The molecule has 0 aromatic carbocycles. The van der Waals surface area contributed by atoms with E-state index in [1.807, 2.05) is 19.0 Å². The van der Waals surface area contributed by atoms with Gasteiger partial charge in [-0.25, -0.2) is 4.98 Å². The van der Waals surface area contributed by atoms with Gasteiger partial charge in [0.1, 0.15) is 5.69 Å². The molecule has 0 aliphatic rings. The van der Waals surface area contributed by atoms with Crippen LogP contribution >= 0.6 is 11.3 Å². The van der Waals surface area contributed by atoms with Crippen molar-refractivity contribution in [1.82, 2.24) is 19.6 Å². The molecule has 0 unspecified atom stereocenters. The van der Waals surface area contributed by atoms with E-state index in [9.17, 15) is 9.59 Å². The van der Waals surface area contributed by atoms with Crippen LogP contribution in [0.15, 0.2) is 22.6 Å². The van der Waals surface area contributed by atoms with Crippen molar-refractivity contribution in [2.75, 3.05) is 39.0 Å². The molecule has 2 rings (SSSR count). The van der Waals surface area contributed by atoms with Crippen LogP contribution in [0.4, 0.5) is 5.69 Å². The highest BCUT2D eigenvalue weighted by molar-refractivity contribution is 7.15. The number of nitrogens with zero attached hydrogens (tertiary/aromatic N) is 3. The Hall–Kier alpha value is -1.93. The predicted octanol–water partition coefficient (Wildman–Crippen LogP) is -0.154. The van der Waals surface area contributed by atoms with Crippen LogP contribution in [-0.2, 0) is 4.79 Å². The molecule has 2 aromatic heterocycles. The van der Waals surface area contributed by atoms with E-state index in [-0.39, 0.29) is 18.0 Å². The van der Waals surface area contributed by atoms with Crippen LogP contribution in [0.2, 0.25) is 0 Å². The molecule has 7 nitrogen and oxygen atoms in total. The fourth-order valence-corrected chi connectivity index (χ4v) is 2.28. The molecule has 20 heavy (non-hydrogen) atoms. The Morgan fingerprint density at radius 2 is 2.30 bits per heavy atom. The Morgan fingerprint density at radius 3 is 3.05 bits per heavy atom. The minimum Gasteiger partial charge on any atom is -0.370 e. The van der Waals surface area contributed by atoms with Gasteiger partial charge >= 0.3 is 0 Å². The zero-order valence-electron chi connectivity index (χ0n) is 11.4. The van der Waals surface area contributed by atoms with Gasteiger partial charge in [0.25, 0.3) is 5.56 Å². The van der Waals surface area contributed by atoms with Crippen molar-refractivity contribution in [2.45, 2.75) is 0 Å².